The highest BCUT2D eigenvalue weighted by molar-refractivity contribution is 6.44. The molecule has 1 aromatic heterocycles. The number of pyridine rings is 1. The Labute approximate surface area is 131 Å². The van der Waals surface area contributed by atoms with Crippen molar-refractivity contribution < 1.29 is 4.79 Å². The van der Waals surface area contributed by atoms with Crippen molar-refractivity contribution in [3.05, 3.63) is 69.8 Å². The minimum atomic E-state index is -0.306. The molecule has 0 radical (unpaired) electrons. The lowest BCUT2D eigenvalue weighted by Crippen LogP contribution is -2.06. The summed E-state index contributed by atoms with van der Waals surface area (Å²) >= 11 is 12.0. The molecule has 2 N–H and O–H groups in total. The van der Waals surface area contributed by atoms with Gasteiger partial charge in [0, 0.05) is 16.6 Å². The van der Waals surface area contributed by atoms with E-state index in [9.17, 15) is 4.79 Å². The van der Waals surface area contributed by atoms with E-state index in [1.807, 2.05) is 24.3 Å². The second-order valence-corrected chi connectivity index (χ2v) is 5.33. The minimum Gasteiger partial charge on any atom is -0.398 e. The van der Waals surface area contributed by atoms with E-state index in [4.69, 9.17) is 28.9 Å². The molecule has 0 aliphatic rings. The number of anilines is 1. The third-order valence-electron chi connectivity index (χ3n) is 3.18. The van der Waals surface area contributed by atoms with Gasteiger partial charge in [0.05, 0.1) is 15.6 Å². The van der Waals surface area contributed by atoms with Gasteiger partial charge in [-0.3, -0.25) is 4.79 Å². The Kier molecular flexibility index (Phi) is 3.53. The van der Waals surface area contributed by atoms with Gasteiger partial charge in [-0.1, -0.05) is 47.5 Å². The first-order chi connectivity index (χ1) is 10.1. The number of nitrogens with two attached hydrogens (primary N) is 1. The quantitative estimate of drug-likeness (QED) is 0.715. The van der Waals surface area contributed by atoms with Crippen LogP contribution in [0.2, 0.25) is 10.0 Å². The van der Waals surface area contributed by atoms with Crippen LogP contribution in [0.5, 0.6) is 0 Å². The Hall–Kier alpha value is -2.10. The third-order valence-corrected chi connectivity index (χ3v) is 4.00. The molecule has 0 amide bonds. The van der Waals surface area contributed by atoms with Crippen LogP contribution >= 0.6 is 23.2 Å². The summed E-state index contributed by atoms with van der Waals surface area (Å²) in [5, 5.41) is 1.36. The maximum Gasteiger partial charge on any atom is 0.212 e. The molecule has 0 atom stereocenters. The van der Waals surface area contributed by atoms with E-state index in [-0.39, 0.29) is 16.5 Å². The zero-order chi connectivity index (χ0) is 15.0. The number of para-hydroxylation sites is 1. The maximum atomic E-state index is 12.6. The first-order valence-electron chi connectivity index (χ1n) is 6.22. The number of fused-ring (bicyclic) bond motifs is 1. The van der Waals surface area contributed by atoms with Gasteiger partial charge in [-0.15, -0.1) is 0 Å². The summed E-state index contributed by atoms with van der Waals surface area (Å²) in [6.45, 7) is 0. The van der Waals surface area contributed by atoms with E-state index in [2.05, 4.69) is 4.98 Å². The van der Waals surface area contributed by atoms with Crippen LogP contribution in [0.1, 0.15) is 16.1 Å². The van der Waals surface area contributed by atoms with Crippen molar-refractivity contribution in [2.24, 2.45) is 0 Å². The molecule has 0 saturated carbocycles. The summed E-state index contributed by atoms with van der Waals surface area (Å²) in [6, 6.07) is 13.9. The van der Waals surface area contributed by atoms with Gasteiger partial charge in [-0.25, -0.2) is 4.98 Å². The van der Waals surface area contributed by atoms with Crippen LogP contribution < -0.4 is 5.73 Å². The van der Waals surface area contributed by atoms with E-state index in [0.717, 1.165) is 5.39 Å². The number of rotatable bonds is 2. The van der Waals surface area contributed by atoms with Crippen LogP contribution in [0.3, 0.4) is 0 Å². The van der Waals surface area contributed by atoms with Gasteiger partial charge in [-0.2, -0.15) is 0 Å². The summed E-state index contributed by atoms with van der Waals surface area (Å²) < 4.78 is 0. The number of hydrogen-bond donors (Lipinski definition) is 1. The SMILES string of the molecule is Nc1cc(C(=O)c2cccc(Cl)c2Cl)nc2ccccc12. The number of carbonyl (C=O) groups excluding carboxylic acids is 1. The molecular weight excluding hydrogens is 307 g/mol. The van der Waals surface area contributed by atoms with Crippen molar-refractivity contribution in [1.82, 2.24) is 4.98 Å². The zero-order valence-electron chi connectivity index (χ0n) is 10.8. The fourth-order valence-electron chi connectivity index (χ4n) is 2.14. The number of benzene rings is 2. The second kappa shape index (κ2) is 5.35. The number of halogens is 2. The van der Waals surface area contributed by atoms with Gasteiger partial charge < -0.3 is 5.73 Å². The molecular formula is C16H10Cl2N2O. The molecule has 104 valence electrons. The standard InChI is InChI=1S/C16H10Cl2N2O/c17-11-6-3-5-10(15(11)18)16(21)14-8-12(19)9-4-1-2-7-13(9)20-14/h1-8H,(H2,19,20). The van der Waals surface area contributed by atoms with Crippen molar-refractivity contribution in [2.45, 2.75) is 0 Å². The Morgan fingerprint density at radius 1 is 1.05 bits per heavy atom. The largest absolute Gasteiger partial charge is 0.398 e. The number of carbonyl (C=O) groups is 1. The first kappa shape index (κ1) is 13.9. The fourth-order valence-corrected chi connectivity index (χ4v) is 2.52. The van der Waals surface area contributed by atoms with Gasteiger partial charge >= 0.3 is 0 Å². The van der Waals surface area contributed by atoms with E-state index < -0.39 is 0 Å². The average Bonchev–Trinajstić information content (AvgIpc) is 2.49. The van der Waals surface area contributed by atoms with Crippen molar-refractivity contribution in [3.63, 3.8) is 0 Å². The number of hydrogen-bond acceptors (Lipinski definition) is 3. The van der Waals surface area contributed by atoms with Crippen molar-refractivity contribution in [3.8, 4) is 0 Å². The molecule has 0 bridgehead atoms. The van der Waals surface area contributed by atoms with Gasteiger partial charge in [0.25, 0.3) is 0 Å². The summed E-state index contributed by atoms with van der Waals surface area (Å²) in [7, 11) is 0. The van der Waals surface area contributed by atoms with Gasteiger partial charge in [0.15, 0.2) is 0 Å². The molecule has 0 saturated heterocycles. The predicted octanol–water partition coefficient (Wildman–Crippen LogP) is 4.35. The Morgan fingerprint density at radius 3 is 2.62 bits per heavy atom. The van der Waals surface area contributed by atoms with Crippen molar-refractivity contribution in [2.75, 3.05) is 5.73 Å². The van der Waals surface area contributed by atoms with Crippen LogP contribution in [0.4, 0.5) is 5.69 Å². The van der Waals surface area contributed by atoms with Gasteiger partial charge in [0.2, 0.25) is 5.78 Å². The molecule has 0 spiro atoms. The lowest BCUT2D eigenvalue weighted by molar-refractivity contribution is 0.103. The van der Waals surface area contributed by atoms with Crippen LogP contribution in [0.15, 0.2) is 48.5 Å². The van der Waals surface area contributed by atoms with Gasteiger partial charge in [-0.05, 0) is 24.3 Å². The predicted molar refractivity (Wildman–Crippen MR) is 86.0 cm³/mol. The molecule has 3 rings (SSSR count). The molecule has 0 aliphatic carbocycles. The number of aromatic nitrogens is 1. The molecule has 21 heavy (non-hydrogen) atoms. The highest BCUT2D eigenvalue weighted by Gasteiger charge is 2.17. The van der Waals surface area contributed by atoms with E-state index in [0.29, 0.717) is 21.8 Å². The Morgan fingerprint density at radius 2 is 1.81 bits per heavy atom. The highest BCUT2D eigenvalue weighted by Crippen LogP contribution is 2.28. The smallest absolute Gasteiger partial charge is 0.212 e. The topological polar surface area (TPSA) is 56.0 Å². The molecule has 1 heterocycles. The van der Waals surface area contributed by atoms with E-state index in [1.54, 1.807) is 24.3 Å². The third kappa shape index (κ3) is 2.46. The number of nitrogen functional groups attached to an aromatic ring is 1. The van der Waals surface area contributed by atoms with Crippen LogP contribution in [0.25, 0.3) is 10.9 Å². The number of ketones is 1. The lowest BCUT2D eigenvalue weighted by atomic mass is 10.1. The Bertz CT molecular complexity index is 862. The van der Waals surface area contributed by atoms with E-state index >= 15 is 0 Å². The summed E-state index contributed by atoms with van der Waals surface area (Å²) in [6.07, 6.45) is 0. The highest BCUT2D eigenvalue weighted by atomic mass is 35.5. The lowest BCUT2D eigenvalue weighted by Gasteiger charge is -2.07. The van der Waals surface area contributed by atoms with Gasteiger partial charge in [0.1, 0.15) is 5.69 Å². The molecule has 2 aromatic carbocycles. The molecule has 0 fully saturated rings. The molecule has 3 aromatic rings. The first-order valence-corrected chi connectivity index (χ1v) is 6.97. The maximum absolute atomic E-state index is 12.6. The number of nitrogens with zero attached hydrogens (tertiary/aromatic N) is 1. The zero-order valence-corrected chi connectivity index (χ0v) is 12.3. The van der Waals surface area contributed by atoms with Crippen molar-refractivity contribution in [1.29, 1.82) is 0 Å². The fraction of sp³-hybridized carbons (Fsp3) is 0. The minimum absolute atomic E-state index is 0.220. The Balaban J connectivity index is 2.16. The summed E-state index contributed by atoms with van der Waals surface area (Å²) in [5.74, 6) is -0.306. The molecule has 5 heteroatoms. The normalized spacial score (nSPS) is 10.8. The van der Waals surface area contributed by atoms with E-state index in [1.165, 1.54) is 0 Å². The summed E-state index contributed by atoms with van der Waals surface area (Å²) in [4.78, 5) is 16.9. The molecule has 3 nitrogen and oxygen atoms in total. The average molecular weight is 317 g/mol. The van der Waals surface area contributed by atoms with Crippen molar-refractivity contribution >= 4 is 45.6 Å². The second-order valence-electron chi connectivity index (χ2n) is 4.54. The van der Waals surface area contributed by atoms with Crippen LogP contribution in [0, 0.1) is 0 Å². The van der Waals surface area contributed by atoms with Crippen LogP contribution in [-0.2, 0) is 0 Å². The summed E-state index contributed by atoms with van der Waals surface area (Å²) in [5.41, 5.74) is 7.71. The monoisotopic (exact) mass is 316 g/mol. The van der Waals surface area contributed by atoms with Crippen LogP contribution in [-0.4, -0.2) is 10.8 Å². The molecule has 0 unspecified atom stereocenters. The molecule has 0 aliphatic heterocycles.